The molecular weight excluding hydrogens is 306 g/mol. The van der Waals surface area contributed by atoms with Crippen LogP contribution in [0.15, 0.2) is 36.4 Å². The topological polar surface area (TPSA) is 38.3 Å². The summed E-state index contributed by atoms with van der Waals surface area (Å²) in [5.41, 5.74) is 1.09. The fourth-order valence-electron chi connectivity index (χ4n) is 2.02. The molecule has 0 spiro atoms. The van der Waals surface area contributed by atoms with E-state index in [1.165, 1.54) is 12.0 Å². The molecule has 0 saturated heterocycles. The van der Waals surface area contributed by atoms with Gasteiger partial charge in [0.2, 0.25) is 0 Å². The average Bonchev–Trinajstić information content (AvgIpc) is 2.92. The summed E-state index contributed by atoms with van der Waals surface area (Å²) in [6.45, 7) is 2.84. The van der Waals surface area contributed by atoms with Gasteiger partial charge in [-0.25, -0.2) is 0 Å². The number of carbonyl (C=O) groups excluding carboxylic acids is 1. The van der Waals surface area contributed by atoms with E-state index >= 15 is 0 Å². The van der Waals surface area contributed by atoms with Crippen molar-refractivity contribution in [3.05, 3.63) is 56.7 Å². The lowest BCUT2D eigenvalue weighted by atomic mass is 10.1. The third-order valence-electron chi connectivity index (χ3n) is 3.22. The van der Waals surface area contributed by atoms with Crippen LogP contribution in [-0.4, -0.2) is 13.1 Å². The van der Waals surface area contributed by atoms with Gasteiger partial charge in [0, 0.05) is 27.4 Å². The molecule has 5 heteroatoms. The minimum Gasteiger partial charge on any atom is -0.469 e. The highest BCUT2D eigenvalue weighted by Crippen LogP contribution is 2.23. The second-order valence-corrected chi connectivity index (χ2v) is 6.41. The zero-order chi connectivity index (χ0) is 15.2. The van der Waals surface area contributed by atoms with Crippen molar-refractivity contribution in [2.45, 2.75) is 25.9 Å². The number of methoxy groups -OCH3 is 1. The van der Waals surface area contributed by atoms with Crippen LogP contribution in [-0.2, 0) is 22.5 Å². The molecule has 1 aromatic carbocycles. The van der Waals surface area contributed by atoms with Crippen LogP contribution in [0.5, 0.6) is 0 Å². The van der Waals surface area contributed by atoms with Crippen LogP contribution in [0.25, 0.3) is 0 Å². The number of hydrogen-bond acceptors (Lipinski definition) is 4. The summed E-state index contributed by atoms with van der Waals surface area (Å²) < 4.78 is 4.67. The number of thiophene rings is 1. The minimum atomic E-state index is -0.208. The number of rotatable bonds is 6. The lowest BCUT2D eigenvalue weighted by Gasteiger charge is -2.14. The lowest BCUT2D eigenvalue weighted by Crippen LogP contribution is -2.17. The largest absolute Gasteiger partial charge is 0.469 e. The molecule has 1 atom stereocenters. The molecule has 3 nitrogen and oxygen atoms in total. The van der Waals surface area contributed by atoms with Gasteiger partial charge >= 0.3 is 5.97 Å². The van der Waals surface area contributed by atoms with Gasteiger partial charge < -0.3 is 10.1 Å². The predicted octanol–water partition coefficient (Wildman–Crippen LogP) is 3.97. The Kier molecular flexibility index (Phi) is 5.79. The summed E-state index contributed by atoms with van der Waals surface area (Å²) in [4.78, 5) is 13.4. The first kappa shape index (κ1) is 16.0. The Labute approximate surface area is 133 Å². The van der Waals surface area contributed by atoms with E-state index in [0.29, 0.717) is 6.42 Å². The summed E-state index contributed by atoms with van der Waals surface area (Å²) in [5, 5.41) is 4.22. The van der Waals surface area contributed by atoms with Crippen LogP contribution in [0.2, 0.25) is 5.02 Å². The Bertz CT molecular complexity index is 612. The van der Waals surface area contributed by atoms with Gasteiger partial charge in [0.1, 0.15) is 0 Å². The van der Waals surface area contributed by atoms with Gasteiger partial charge in [0.25, 0.3) is 0 Å². The highest BCUT2D eigenvalue weighted by molar-refractivity contribution is 7.12. The summed E-state index contributed by atoms with van der Waals surface area (Å²) in [5.74, 6) is -0.208. The minimum absolute atomic E-state index is 0.171. The lowest BCUT2D eigenvalue weighted by molar-refractivity contribution is -0.139. The molecule has 0 fully saturated rings. The van der Waals surface area contributed by atoms with E-state index in [1.807, 2.05) is 36.4 Å². The van der Waals surface area contributed by atoms with E-state index < -0.39 is 0 Å². The van der Waals surface area contributed by atoms with Crippen molar-refractivity contribution in [1.29, 1.82) is 0 Å². The van der Waals surface area contributed by atoms with Gasteiger partial charge in [-0.3, -0.25) is 4.79 Å². The Balaban J connectivity index is 1.91. The second-order valence-electron chi connectivity index (χ2n) is 4.75. The maximum atomic E-state index is 11.2. The molecule has 0 bridgehead atoms. The summed E-state index contributed by atoms with van der Waals surface area (Å²) in [7, 11) is 1.41. The van der Waals surface area contributed by atoms with Crippen LogP contribution in [0.3, 0.4) is 0 Å². The third-order valence-corrected chi connectivity index (χ3v) is 4.65. The van der Waals surface area contributed by atoms with Gasteiger partial charge in [-0.15, -0.1) is 11.3 Å². The van der Waals surface area contributed by atoms with Crippen LogP contribution in [0.1, 0.15) is 28.3 Å². The first-order valence-corrected chi connectivity index (χ1v) is 7.92. The number of benzene rings is 1. The summed E-state index contributed by atoms with van der Waals surface area (Å²) >= 11 is 7.81. The molecule has 2 rings (SSSR count). The van der Waals surface area contributed by atoms with Gasteiger partial charge in [0.15, 0.2) is 0 Å². The van der Waals surface area contributed by atoms with Gasteiger partial charge in [0.05, 0.1) is 13.5 Å². The Morgan fingerprint density at radius 2 is 2.00 bits per heavy atom. The molecule has 0 aliphatic rings. The van der Waals surface area contributed by atoms with E-state index in [-0.39, 0.29) is 12.0 Å². The van der Waals surface area contributed by atoms with Crippen LogP contribution < -0.4 is 5.32 Å². The molecule has 0 radical (unpaired) electrons. The average molecular weight is 324 g/mol. The summed E-state index contributed by atoms with van der Waals surface area (Å²) in [6.07, 6.45) is 0.335. The van der Waals surface area contributed by atoms with Crippen molar-refractivity contribution in [2.75, 3.05) is 7.11 Å². The number of ether oxygens (including phenoxy) is 1. The van der Waals surface area contributed by atoms with E-state index in [1.54, 1.807) is 11.3 Å². The number of nitrogens with one attached hydrogen (secondary N) is 1. The molecule has 1 heterocycles. The molecule has 21 heavy (non-hydrogen) atoms. The molecule has 0 aliphatic heterocycles. The molecule has 112 valence electrons. The third kappa shape index (κ3) is 4.56. The van der Waals surface area contributed by atoms with Crippen molar-refractivity contribution in [2.24, 2.45) is 0 Å². The van der Waals surface area contributed by atoms with Crippen molar-refractivity contribution in [3.63, 3.8) is 0 Å². The maximum absolute atomic E-state index is 11.2. The molecular formula is C16H18ClNO2S. The molecule has 0 saturated carbocycles. The molecule has 1 unspecified atom stereocenters. The van der Waals surface area contributed by atoms with Gasteiger partial charge in [-0.2, -0.15) is 0 Å². The number of halogens is 1. The van der Waals surface area contributed by atoms with Crippen LogP contribution in [0.4, 0.5) is 0 Å². The first-order valence-electron chi connectivity index (χ1n) is 6.72. The van der Waals surface area contributed by atoms with Crippen molar-refractivity contribution in [1.82, 2.24) is 5.32 Å². The van der Waals surface area contributed by atoms with Gasteiger partial charge in [-0.1, -0.05) is 29.8 Å². The van der Waals surface area contributed by atoms with Crippen LogP contribution >= 0.6 is 22.9 Å². The van der Waals surface area contributed by atoms with E-state index in [0.717, 1.165) is 22.0 Å². The van der Waals surface area contributed by atoms with E-state index in [9.17, 15) is 4.79 Å². The fraction of sp³-hybridized carbons (Fsp3) is 0.312. The summed E-state index contributed by atoms with van der Waals surface area (Å²) in [6, 6.07) is 12.0. The quantitative estimate of drug-likeness (QED) is 0.817. The molecule has 0 amide bonds. The monoisotopic (exact) mass is 323 g/mol. The molecule has 1 aromatic heterocycles. The second kappa shape index (κ2) is 7.59. The standard InChI is InChI=1S/C16H18ClNO2S/c1-11(14-5-3-4-6-15(14)17)18-10-13-8-7-12(21-13)9-16(19)20-2/h3-8,11,18H,9-10H2,1-2H3. The van der Waals surface area contributed by atoms with Crippen molar-refractivity contribution >= 4 is 28.9 Å². The highest BCUT2D eigenvalue weighted by atomic mass is 35.5. The first-order chi connectivity index (χ1) is 10.1. The maximum Gasteiger partial charge on any atom is 0.310 e. The normalized spacial score (nSPS) is 12.1. The zero-order valence-electron chi connectivity index (χ0n) is 12.1. The zero-order valence-corrected chi connectivity index (χ0v) is 13.6. The van der Waals surface area contributed by atoms with E-state index in [2.05, 4.69) is 17.0 Å². The molecule has 0 aliphatic carbocycles. The predicted molar refractivity (Wildman–Crippen MR) is 86.7 cm³/mol. The van der Waals surface area contributed by atoms with Crippen molar-refractivity contribution < 1.29 is 9.53 Å². The van der Waals surface area contributed by atoms with Gasteiger partial charge in [-0.05, 0) is 30.7 Å². The van der Waals surface area contributed by atoms with E-state index in [4.69, 9.17) is 11.6 Å². The van der Waals surface area contributed by atoms with Crippen LogP contribution in [0, 0.1) is 0 Å². The molecule has 1 N–H and O–H groups in total. The smallest absolute Gasteiger partial charge is 0.310 e. The molecule has 2 aromatic rings. The Hall–Kier alpha value is -1.36. The SMILES string of the molecule is COC(=O)Cc1ccc(CNC(C)c2ccccc2Cl)s1. The van der Waals surface area contributed by atoms with Crippen molar-refractivity contribution in [3.8, 4) is 0 Å². The highest BCUT2D eigenvalue weighted by Gasteiger charge is 2.10. The number of hydrogen-bond donors (Lipinski definition) is 1. The number of carbonyl (C=O) groups is 1. The number of esters is 1. The Morgan fingerprint density at radius 1 is 1.29 bits per heavy atom. The fourth-order valence-corrected chi connectivity index (χ4v) is 3.27. The Morgan fingerprint density at radius 3 is 2.71 bits per heavy atom.